The second-order valence-corrected chi connectivity index (χ2v) is 11.3. The van der Waals surface area contributed by atoms with Crippen LogP contribution in [0, 0.1) is 11.8 Å². The zero-order valence-corrected chi connectivity index (χ0v) is 12.0. The van der Waals surface area contributed by atoms with Crippen molar-refractivity contribution in [1.82, 2.24) is 0 Å². The van der Waals surface area contributed by atoms with Crippen LogP contribution in [0.5, 0.6) is 0 Å². The SMILES string of the molecule is CC(C)(C)[Si](C)(C)OCC1CC(C(=O)O)C1. The summed E-state index contributed by atoms with van der Waals surface area (Å²) < 4.78 is 6.07. The monoisotopic (exact) mass is 244 g/mol. The number of carboxylic acids is 1. The summed E-state index contributed by atoms with van der Waals surface area (Å²) in [6, 6.07) is 0. The fraction of sp³-hybridized carbons (Fsp3) is 0.917. The van der Waals surface area contributed by atoms with Crippen LogP contribution in [0.1, 0.15) is 33.6 Å². The average Bonchev–Trinajstić information content (AvgIpc) is 1.97. The Balaban J connectivity index is 2.30. The van der Waals surface area contributed by atoms with Gasteiger partial charge in [-0.3, -0.25) is 4.79 Å². The van der Waals surface area contributed by atoms with Crippen LogP contribution in [0.2, 0.25) is 18.1 Å². The summed E-state index contributed by atoms with van der Waals surface area (Å²) in [5.74, 6) is -0.299. The fourth-order valence-electron chi connectivity index (χ4n) is 1.62. The third-order valence-corrected chi connectivity index (χ3v) is 8.57. The highest BCUT2D eigenvalue weighted by Gasteiger charge is 2.40. The molecule has 1 aliphatic carbocycles. The Bertz CT molecular complexity index is 262. The Kier molecular flexibility index (Phi) is 3.85. The summed E-state index contributed by atoms with van der Waals surface area (Å²) in [5.41, 5.74) is 0. The molecule has 0 radical (unpaired) electrons. The van der Waals surface area contributed by atoms with Crippen molar-refractivity contribution >= 4 is 14.3 Å². The van der Waals surface area contributed by atoms with Crippen LogP contribution in [0.25, 0.3) is 0 Å². The molecule has 0 aromatic carbocycles. The highest BCUT2D eigenvalue weighted by Crippen LogP contribution is 2.39. The van der Waals surface area contributed by atoms with Crippen LogP contribution in [0.15, 0.2) is 0 Å². The van der Waals surface area contributed by atoms with Crippen molar-refractivity contribution < 1.29 is 14.3 Å². The molecule has 0 amide bonds. The van der Waals surface area contributed by atoms with Gasteiger partial charge in [0.1, 0.15) is 0 Å². The van der Waals surface area contributed by atoms with Crippen molar-refractivity contribution in [1.29, 1.82) is 0 Å². The first-order chi connectivity index (χ1) is 7.13. The van der Waals surface area contributed by atoms with Crippen molar-refractivity contribution in [3.05, 3.63) is 0 Å². The molecule has 4 heteroatoms. The van der Waals surface area contributed by atoms with Gasteiger partial charge in [0, 0.05) is 6.61 Å². The smallest absolute Gasteiger partial charge is 0.306 e. The first-order valence-electron chi connectivity index (χ1n) is 6.00. The van der Waals surface area contributed by atoms with E-state index in [2.05, 4.69) is 33.9 Å². The second-order valence-electron chi connectivity index (χ2n) is 6.44. The number of carboxylic acid groups (broad SMARTS) is 1. The zero-order valence-electron chi connectivity index (χ0n) is 11.0. The molecule has 1 fully saturated rings. The Hall–Kier alpha value is -0.353. The highest BCUT2D eigenvalue weighted by molar-refractivity contribution is 6.74. The Morgan fingerprint density at radius 1 is 1.38 bits per heavy atom. The maximum absolute atomic E-state index is 10.7. The molecule has 1 rings (SSSR count). The van der Waals surface area contributed by atoms with E-state index in [9.17, 15) is 4.79 Å². The van der Waals surface area contributed by atoms with Crippen LogP contribution in [-0.2, 0) is 9.22 Å². The van der Waals surface area contributed by atoms with Crippen LogP contribution in [0.4, 0.5) is 0 Å². The van der Waals surface area contributed by atoms with E-state index in [0.29, 0.717) is 5.92 Å². The summed E-state index contributed by atoms with van der Waals surface area (Å²) in [4.78, 5) is 10.7. The minimum atomic E-state index is -1.65. The second kappa shape index (κ2) is 4.49. The number of hydrogen-bond acceptors (Lipinski definition) is 2. The molecule has 1 saturated carbocycles. The standard InChI is InChI=1S/C12H24O3Si/c1-12(2,3)16(4,5)15-8-9-6-10(7-9)11(13)14/h9-10H,6-8H2,1-5H3,(H,13,14). The molecule has 0 unspecified atom stereocenters. The van der Waals surface area contributed by atoms with Gasteiger partial charge in [0.2, 0.25) is 0 Å². The lowest BCUT2D eigenvalue weighted by atomic mass is 9.75. The summed E-state index contributed by atoms with van der Waals surface area (Å²) in [6.45, 7) is 11.9. The summed E-state index contributed by atoms with van der Waals surface area (Å²) in [6.07, 6.45) is 1.59. The molecule has 3 nitrogen and oxygen atoms in total. The molecular weight excluding hydrogens is 220 g/mol. The van der Waals surface area contributed by atoms with E-state index in [1.807, 2.05) is 0 Å². The van der Waals surface area contributed by atoms with Gasteiger partial charge in [0.15, 0.2) is 8.32 Å². The van der Waals surface area contributed by atoms with Gasteiger partial charge in [-0.05, 0) is 36.9 Å². The van der Waals surface area contributed by atoms with Gasteiger partial charge in [-0.25, -0.2) is 0 Å². The van der Waals surface area contributed by atoms with Crippen LogP contribution in [-0.4, -0.2) is 26.0 Å². The minimum absolute atomic E-state index is 0.118. The predicted octanol–water partition coefficient (Wildman–Crippen LogP) is 3.12. The Morgan fingerprint density at radius 3 is 2.25 bits per heavy atom. The molecule has 0 heterocycles. The Labute approximate surface area is 99.3 Å². The molecule has 0 aromatic heterocycles. The molecule has 0 aromatic rings. The van der Waals surface area contributed by atoms with E-state index in [0.717, 1.165) is 19.4 Å². The number of carbonyl (C=O) groups is 1. The van der Waals surface area contributed by atoms with Gasteiger partial charge in [-0.2, -0.15) is 0 Å². The topological polar surface area (TPSA) is 46.5 Å². The third-order valence-electron chi connectivity index (χ3n) is 4.07. The lowest BCUT2D eigenvalue weighted by Crippen LogP contribution is -2.44. The lowest BCUT2D eigenvalue weighted by molar-refractivity contribution is -0.146. The number of aliphatic carboxylic acids is 1. The van der Waals surface area contributed by atoms with Gasteiger partial charge in [-0.1, -0.05) is 20.8 Å². The highest BCUT2D eigenvalue weighted by atomic mass is 28.4. The maximum Gasteiger partial charge on any atom is 0.306 e. The summed E-state index contributed by atoms with van der Waals surface area (Å²) >= 11 is 0. The van der Waals surface area contributed by atoms with Gasteiger partial charge < -0.3 is 9.53 Å². The van der Waals surface area contributed by atoms with Crippen molar-refractivity contribution in [3.8, 4) is 0 Å². The first-order valence-corrected chi connectivity index (χ1v) is 8.91. The van der Waals surface area contributed by atoms with Crippen LogP contribution < -0.4 is 0 Å². The van der Waals surface area contributed by atoms with Crippen molar-refractivity contribution in [2.45, 2.75) is 51.7 Å². The van der Waals surface area contributed by atoms with Crippen molar-refractivity contribution in [3.63, 3.8) is 0 Å². The largest absolute Gasteiger partial charge is 0.481 e. The van der Waals surface area contributed by atoms with Crippen molar-refractivity contribution in [2.24, 2.45) is 11.8 Å². The van der Waals surface area contributed by atoms with E-state index in [1.54, 1.807) is 0 Å². The normalized spacial score (nSPS) is 26.3. The van der Waals surface area contributed by atoms with Gasteiger partial charge in [0.25, 0.3) is 0 Å². The van der Waals surface area contributed by atoms with Crippen LogP contribution >= 0.6 is 0 Å². The quantitative estimate of drug-likeness (QED) is 0.773. The molecule has 0 bridgehead atoms. The maximum atomic E-state index is 10.7. The summed E-state index contributed by atoms with van der Waals surface area (Å²) in [7, 11) is -1.65. The molecule has 1 aliphatic rings. The predicted molar refractivity (Wildman–Crippen MR) is 67.0 cm³/mol. The molecule has 94 valence electrons. The molecule has 0 saturated heterocycles. The average molecular weight is 244 g/mol. The van der Waals surface area contributed by atoms with E-state index in [-0.39, 0.29) is 11.0 Å². The van der Waals surface area contributed by atoms with Gasteiger partial charge in [-0.15, -0.1) is 0 Å². The molecule has 16 heavy (non-hydrogen) atoms. The molecule has 0 atom stereocenters. The third kappa shape index (κ3) is 3.07. The van der Waals surface area contributed by atoms with Gasteiger partial charge in [0.05, 0.1) is 5.92 Å². The Morgan fingerprint density at radius 2 is 1.88 bits per heavy atom. The fourth-order valence-corrected chi connectivity index (χ4v) is 2.70. The zero-order chi connectivity index (χ0) is 12.6. The summed E-state index contributed by atoms with van der Waals surface area (Å²) in [5, 5.41) is 9.02. The molecule has 0 spiro atoms. The van der Waals surface area contributed by atoms with Gasteiger partial charge >= 0.3 is 5.97 Å². The molecule has 1 N–H and O–H groups in total. The van der Waals surface area contributed by atoms with E-state index in [1.165, 1.54) is 0 Å². The first kappa shape index (κ1) is 13.7. The van der Waals surface area contributed by atoms with Crippen molar-refractivity contribution in [2.75, 3.05) is 6.61 Å². The molecular formula is C12H24O3Si. The molecule has 0 aliphatic heterocycles. The number of rotatable bonds is 4. The van der Waals surface area contributed by atoms with E-state index < -0.39 is 14.3 Å². The van der Waals surface area contributed by atoms with E-state index >= 15 is 0 Å². The van der Waals surface area contributed by atoms with Crippen LogP contribution in [0.3, 0.4) is 0 Å². The lowest BCUT2D eigenvalue weighted by Gasteiger charge is -2.40. The number of hydrogen-bond donors (Lipinski definition) is 1. The van der Waals surface area contributed by atoms with E-state index in [4.69, 9.17) is 9.53 Å². The minimum Gasteiger partial charge on any atom is -0.481 e.